The highest BCUT2D eigenvalue weighted by molar-refractivity contribution is 5.59. The lowest BCUT2D eigenvalue weighted by molar-refractivity contribution is 1.10. The summed E-state index contributed by atoms with van der Waals surface area (Å²) < 4.78 is 0. The fourth-order valence-corrected chi connectivity index (χ4v) is 1.34. The van der Waals surface area contributed by atoms with Gasteiger partial charge in [-0.15, -0.1) is 0 Å². The van der Waals surface area contributed by atoms with Crippen molar-refractivity contribution in [1.82, 2.24) is 15.0 Å². The summed E-state index contributed by atoms with van der Waals surface area (Å²) in [6, 6.07) is 5.82. The maximum absolute atomic E-state index is 4.36. The van der Waals surface area contributed by atoms with Gasteiger partial charge in [0.1, 0.15) is 0 Å². The van der Waals surface area contributed by atoms with Crippen LogP contribution >= 0.6 is 0 Å². The van der Waals surface area contributed by atoms with Gasteiger partial charge < -0.3 is 5.32 Å². The molecule has 2 aromatic heterocycles. The molecule has 0 fully saturated rings. The second kappa shape index (κ2) is 4.04. The van der Waals surface area contributed by atoms with Crippen molar-refractivity contribution in [2.24, 2.45) is 0 Å². The Labute approximate surface area is 88.4 Å². The lowest BCUT2D eigenvalue weighted by atomic mass is 10.2. The number of aromatic nitrogens is 3. The number of nitrogens with one attached hydrogen (secondary N) is 1. The predicted octanol–water partition coefficient (Wildman–Crippen LogP) is 1.89. The molecule has 0 bridgehead atoms. The van der Waals surface area contributed by atoms with Crippen molar-refractivity contribution in [3.63, 3.8) is 0 Å². The number of hydrogen-bond acceptors (Lipinski definition) is 4. The van der Waals surface area contributed by atoms with Crippen molar-refractivity contribution in [3.05, 3.63) is 36.3 Å². The zero-order chi connectivity index (χ0) is 10.7. The van der Waals surface area contributed by atoms with Crippen molar-refractivity contribution in [2.45, 2.75) is 6.92 Å². The second-order valence-electron chi connectivity index (χ2n) is 3.21. The fourth-order valence-electron chi connectivity index (χ4n) is 1.34. The second-order valence-corrected chi connectivity index (χ2v) is 3.21. The van der Waals surface area contributed by atoms with Crippen molar-refractivity contribution in [1.29, 1.82) is 0 Å². The van der Waals surface area contributed by atoms with Crippen LogP contribution < -0.4 is 5.32 Å². The van der Waals surface area contributed by atoms with Gasteiger partial charge in [0, 0.05) is 30.7 Å². The lowest BCUT2D eigenvalue weighted by Crippen LogP contribution is -1.99. The molecule has 0 radical (unpaired) electrons. The molecule has 0 aromatic carbocycles. The number of hydrogen-bond donors (Lipinski definition) is 1. The van der Waals surface area contributed by atoms with Gasteiger partial charge in [-0.1, -0.05) is 0 Å². The van der Waals surface area contributed by atoms with E-state index in [9.17, 15) is 0 Å². The Kier molecular flexibility index (Phi) is 2.58. The van der Waals surface area contributed by atoms with E-state index in [-0.39, 0.29) is 0 Å². The van der Waals surface area contributed by atoms with Gasteiger partial charge >= 0.3 is 0 Å². The first-order chi connectivity index (χ1) is 7.29. The first-order valence-electron chi connectivity index (χ1n) is 4.73. The van der Waals surface area contributed by atoms with Crippen LogP contribution in [-0.2, 0) is 0 Å². The number of pyridine rings is 1. The summed E-state index contributed by atoms with van der Waals surface area (Å²) in [6.45, 7) is 1.95. The Morgan fingerprint density at radius 3 is 2.80 bits per heavy atom. The molecule has 15 heavy (non-hydrogen) atoms. The van der Waals surface area contributed by atoms with Gasteiger partial charge in [0.2, 0.25) is 5.95 Å². The Hall–Kier alpha value is -1.97. The third-order valence-electron chi connectivity index (χ3n) is 2.04. The lowest BCUT2D eigenvalue weighted by Gasteiger charge is -2.04. The molecule has 76 valence electrons. The summed E-state index contributed by atoms with van der Waals surface area (Å²) in [5.74, 6) is 0.633. The average Bonchev–Trinajstić information content (AvgIpc) is 2.29. The van der Waals surface area contributed by atoms with E-state index in [0.29, 0.717) is 5.95 Å². The SMILES string of the molecule is CNc1nc(C)cc(-c2cccnc2)n1. The molecule has 4 heteroatoms. The van der Waals surface area contributed by atoms with E-state index in [1.807, 2.05) is 32.2 Å². The summed E-state index contributed by atoms with van der Waals surface area (Å²) in [5, 5.41) is 2.94. The summed E-state index contributed by atoms with van der Waals surface area (Å²) in [5.41, 5.74) is 2.83. The molecule has 0 aliphatic heterocycles. The molecule has 0 unspecified atom stereocenters. The van der Waals surface area contributed by atoms with Crippen LogP contribution in [0.15, 0.2) is 30.6 Å². The molecule has 0 atom stereocenters. The predicted molar refractivity (Wildman–Crippen MR) is 59.5 cm³/mol. The maximum atomic E-state index is 4.36. The van der Waals surface area contributed by atoms with Crippen molar-refractivity contribution in [2.75, 3.05) is 12.4 Å². The molecule has 0 amide bonds. The quantitative estimate of drug-likeness (QED) is 0.804. The summed E-state index contributed by atoms with van der Waals surface area (Å²) in [4.78, 5) is 12.7. The normalized spacial score (nSPS) is 10.0. The average molecular weight is 200 g/mol. The van der Waals surface area contributed by atoms with E-state index in [4.69, 9.17) is 0 Å². The smallest absolute Gasteiger partial charge is 0.223 e. The maximum Gasteiger partial charge on any atom is 0.223 e. The molecule has 0 saturated heterocycles. The molecule has 0 aliphatic rings. The minimum absolute atomic E-state index is 0.633. The molecule has 1 N–H and O–H groups in total. The molecule has 4 nitrogen and oxygen atoms in total. The van der Waals surface area contributed by atoms with Gasteiger partial charge in [-0.3, -0.25) is 4.98 Å². The van der Waals surface area contributed by atoms with Gasteiger partial charge in [0.05, 0.1) is 5.69 Å². The number of aryl methyl sites for hydroxylation is 1. The van der Waals surface area contributed by atoms with Gasteiger partial charge in [-0.05, 0) is 25.1 Å². The molecule has 2 heterocycles. The first-order valence-corrected chi connectivity index (χ1v) is 4.73. The highest BCUT2D eigenvalue weighted by Crippen LogP contribution is 2.17. The monoisotopic (exact) mass is 200 g/mol. The van der Waals surface area contributed by atoms with Gasteiger partial charge in [0.15, 0.2) is 0 Å². The van der Waals surface area contributed by atoms with E-state index < -0.39 is 0 Å². The highest BCUT2D eigenvalue weighted by Gasteiger charge is 2.02. The van der Waals surface area contributed by atoms with Crippen LogP contribution in [0.4, 0.5) is 5.95 Å². The van der Waals surface area contributed by atoms with E-state index >= 15 is 0 Å². The third kappa shape index (κ3) is 2.10. The van der Waals surface area contributed by atoms with Gasteiger partial charge in [-0.25, -0.2) is 9.97 Å². The van der Waals surface area contributed by atoms with Crippen molar-refractivity contribution in [3.8, 4) is 11.3 Å². The molecule has 2 aromatic rings. The summed E-state index contributed by atoms with van der Waals surface area (Å²) in [7, 11) is 1.81. The number of nitrogens with zero attached hydrogens (tertiary/aromatic N) is 3. The number of anilines is 1. The molecular weight excluding hydrogens is 188 g/mol. The Morgan fingerprint density at radius 1 is 1.27 bits per heavy atom. The standard InChI is InChI=1S/C11H12N4/c1-8-6-10(15-11(12-2)14-8)9-4-3-5-13-7-9/h3-7H,1-2H3,(H,12,14,15). The number of rotatable bonds is 2. The van der Waals surface area contributed by atoms with E-state index in [1.165, 1.54) is 0 Å². The van der Waals surface area contributed by atoms with Crippen LogP contribution in [0.2, 0.25) is 0 Å². The fraction of sp³-hybridized carbons (Fsp3) is 0.182. The molecular formula is C11H12N4. The van der Waals surface area contributed by atoms with Crippen LogP contribution in [0.5, 0.6) is 0 Å². The molecule has 0 spiro atoms. The zero-order valence-corrected chi connectivity index (χ0v) is 8.73. The Balaban J connectivity index is 2.49. The van der Waals surface area contributed by atoms with Crippen LogP contribution in [0.1, 0.15) is 5.69 Å². The molecule has 0 saturated carbocycles. The van der Waals surface area contributed by atoms with Gasteiger partial charge in [0.25, 0.3) is 0 Å². The van der Waals surface area contributed by atoms with E-state index in [0.717, 1.165) is 17.0 Å². The minimum atomic E-state index is 0.633. The first kappa shape index (κ1) is 9.58. The summed E-state index contributed by atoms with van der Waals surface area (Å²) >= 11 is 0. The minimum Gasteiger partial charge on any atom is -0.357 e. The van der Waals surface area contributed by atoms with E-state index in [1.54, 1.807) is 12.4 Å². The molecule has 0 aliphatic carbocycles. The van der Waals surface area contributed by atoms with Gasteiger partial charge in [-0.2, -0.15) is 0 Å². The molecule has 2 rings (SSSR count). The van der Waals surface area contributed by atoms with Crippen LogP contribution in [0, 0.1) is 6.92 Å². The van der Waals surface area contributed by atoms with Crippen LogP contribution in [-0.4, -0.2) is 22.0 Å². The largest absolute Gasteiger partial charge is 0.357 e. The third-order valence-corrected chi connectivity index (χ3v) is 2.04. The topological polar surface area (TPSA) is 50.7 Å². The van der Waals surface area contributed by atoms with E-state index in [2.05, 4.69) is 20.3 Å². The van der Waals surface area contributed by atoms with Crippen molar-refractivity contribution >= 4 is 5.95 Å². The zero-order valence-electron chi connectivity index (χ0n) is 8.73. The summed E-state index contributed by atoms with van der Waals surface area (Å²) in [6.07, 6.45) is 3.54. The van der Waals surface area contributed by atoms with Crippen LogP contribution in [0.25, 0.3) is 11.3 Å². The Bertz CT molecular complexity index is 453. The van der Waals surface area contributed by atoms with Crippen molar-refractivity contribution < 1.29 is 0 Å². The Morgan fingerprint density at radius 2 is 2.13 bits per heavy atom. The van der Waals surface area contributed by atoms with Crippen LogP contribution in [0.3, 0.4) is 0 Å². The highest BCUT2D eigenvalue weighted by atomic mass is 15.1.